The van der Waals surface area contributed by atoms with Gasteiger partial charge in [0, 0.05) is 11.1 Å². The zero-order chi connectivity index (χ0) is 26.8. The average Bonchev–Trinajstić information content (AvgIpc) is 3.24. The van der Waals surface area contributed by atoms with Crippen LogP contribution in [-0.2, 0) is 6.54 Å². The van der Waals surface area contributed by atoms with E-state index in [1.807, 2.05) is 83.5 Å². The molecule has 0 N–H and O–H groups in total. The van der Waals surface area contributed by atoms with E-state index in [4.69, 9.17) is 14.3 Å². The molecular formula is C31H36N2O3Si. The molecule has 1 heterocycles. The molecule has 6 heteroatoms. The summed E-state index contributed by atoms with van der Waals surface area (Å²) in [5.41, 5.74) is 4.98. The molecule has 0 radical (unpaired) electrons. The summed E-state index contributed by atoms with van der Waals surface area (Å²) in [6.07, 6.45) is 0. The summed E-state index contributed by atoms with van der Waals surface area (Å²) in [7, 11) is -0.380. The summed E-state index contributed by atoms with van der Waals surface area (Å²) in [4.78, 5) is 13.1. The molecule has 0 aliphatic heterocycles. The monoisotopic (exact) mass is 512 g/mol. The third kappa shape index (κ3) is 5.70. The second kappa shape index (κ2) is 10.4. The van der Waals surface area contributed by atoms with Crippen LogP contribution in [0.5, 0.6) is 11.5 Å². The SMILES string of the molecule is COc1ccc(Cn2nc(-c3ccccc3)c(C(C)=O)c2-c2cccc(O[Si](C)(C)C(C)(C)C)c2)cc1. The fourth-order valence-corrected chi connectivity index (χ4v) is 5.08. The van der Waals surface area contributed by atoms with Crippen molar-refractivity contribution in [3.8, 4) is 34.0 Å². The number of rotatable bonds is 8. The zero-order valence-corrected chi connectivity index (χ0v) is 23.8. The lowest BCUT2D eigenvalue weighted by molar-refractivity contribution is 0.101. The number of ketones is 1. The number of hydrogen-bond donors (Lipinski definition) is 0. The molecule has 37 heavy (non-hydrogen) atoms. The predicted octanol–water partition coefficient (Wildman–Crippen LogP) is 7.86. The summed E-state index contributed by atoms with van der Waals surface area (Å²) < 4.78 is 13.9. The highest BCUT2D eigenvalue weighted by molar-refractivity contribution is 6.74. The van der Waals surface area contributed by atoms with Gasteiger partial charge in [0.15, 0.2) is 5.78 Å². The number of methoxy groups -OCH3 is 1. The number of carbonyl (C=O) groups is 1. The van der Waals surface area contributed by atoms with Gasteiger partial charge in [0.2, 0.25) is 8.32 Å². The topological polar surface area (TPSA) is 53.4 Å². The molecular weight excluding hydrogens is 476 g/mol. The van der Waals surface area contributed by atoms with Gasteiger partial charge in [-0.3, -0.25) is 9.48 Å². The van der Waals surface area contributed by atoms with Gasteiger partial charge in [-0.15, -0.1) is 0 Å². The maximum Gasteiger partial charge on any atom is 0.250 e. The molecule has 4 rings (SSSR count). The Morgan fingerprint density at radius 1 is 0.892 bits per heavy atom. The lowest BCUT2D eigenvalue weighted by Gasteiger charge is -2.36. The Balaban J connectivity index is 1.87. The van der Waals surface area contributed by atoms with Crippen LogP contribution in [0.15, 0.2) is 78.9 Å². The molecule has 0 saturated carbocycles. The van der Waals surface area contributed by atoms with Crippen LogP contribution in [0.4, 0.5) is 0 Å². The van der Waals surface area contributed by atoms with Gasteiger partial charge < -0.3 is 9.16 Å². The summed E-state index contributed by atoms with van der Waals surface area (Å²) in [6, 6.07) is 25.9. The first-order chi connectivity index (χ1) is 17.5. The van der Waals surface area contributed by atoms with Crippen molar-refractivity contribution in [1.82, 2.24) is 9.78 Å². The van der Waals surface area contributed by atoms with Gasteiger partial charge in [-0.25, -0.2) is 0 Å². The first kappa shape index (κ1) is 26.4. The number of benzene rings is 3. The fraction of sp³-hybridized carbons (Fsp3) is 0.290. The molecule has 0 aliphatic rings. The minimum atomic E-state index is -2.04. The molecule has 0 bridgehead atoms. The Morgan fingerprint density at radius 2 is 1.54 bits per heavy atom. The van der Waals surface area contributed by atoms with Crippen molar-refractivity contribution in [2.24, 2.45) is 0 Å². The Bertz CT molecular complexity index is 1380. The van der Waals surface area contributed by atoms with Gasteiger partial charge in [0.05, 0.1) is 24.9 Å². The Kier molecular flexibility index (Phi) is 7.41. The molecule has 0 atom stereocenters. The van der Waals surface area contributed by atoms with Gasteiger partial charge in [-0.05, 0) is 54.9 Å². The molecule has 0 amide bonds. The maximum atomic E-state index is 13.1. The highest BCUT2D eigenvalue weighted by Crippen LogP contribution is 2.39. The van der Waals surface area contributed by atoms with Gasteiger partial charge in [0.25, 0.3) is 0 Å². The van der Waals surface area contributed by atoms with Gasteiger partial charge in [0.1, 0.15) is 17.2 Å². The molecule has 3 aromatic carbocycles. The van der Waals surface area contributed by atoms with E-state index in [1.165, 1.54) is 0 Å². The molecule has 0 saturated heterocycles. The molecule has 4 aromatic rings. The molecule has 0 fully saturated rings. The summed E-state index contributed by atoms with van der Waals surface area (Å²) in [6.45, 7) is 13.3. The minimum absolute atomic E-state index is 0.0226. The molecule has 0 spiro atoms. The van der Waals surface area contributed by atoms with Crippen molar-refractivity contribution in [2.75, 3.05) is 7.11 Å². The molecule has 0 aliphatic carbocycles. The van der Waals surface area contributed by atoms with Gasteiger partial charge >= 0.3 is 0 Å². The van der Waals surface area contributed by atoms with Crippen LogP contribution in [-0.4, -0.2) is 31.0 Å². The molecule has 0 unspecified atom stereocenters. The van der Waals surface area contributed by atoms with Crippen molar-refractivity contribution in [2.45, 2.75) is 52.4 Å². The molecule has 5 nitrogen and oxygen atoms in total. The van der Waals surface area contributed by atoms with E-state index < -0.39 is 8.32 Å². The van der Waals surface area contributed by atoms with Gasteiger partial charge in [-0.2, -0.15) is 5.10 Å². The quantitative estimate of drug-likeness (QED) is 0.178. The first-order valence-corrected chi connectivity index (χ1v) is 15.5. The Morgan fingerprint density at radius 3 is 2.14 bits per heavy atom. The number of carbonyl (C=O) groups excluding carboxylic acids is 1. The van der Waals surface area contributed by atoms with E-state index in [1.54, 1.807) is 14.0 Å². The highest BCUT2D eigenvalue weighted by Gasteiger charge is 2.39. The normalized spacial score (nSPS) is 11.9. The largest absolute Gasteiger partial charge is 0.543 e. The van der Waals surface area contributed by atoms with Crippen molar-refractivity contribution >= 4 is 14.1 Å². The number of Topliss-reactive ketones (excluding diaryl/α,β-unsaturated/α-hetero) is 1. The lowest BCUT2D eigenvalue weighted by atomic mass is 9.99. The number of ether oxygens (including phenoxy) is 1. The van der Waals surface area contributed by atoms with Crippen LogP contribution >= 0.6 is 0 Å². The van der Waals surface area contributed by atoms with Gasteiger partial charge in [-0.1, -0.05) is 75.4 Å². The summed E-state index contributed by atoms with van der Waals surface area (Å²) >= 11 is 0. The Labute approximate surface area is 221 Å². The standard InChI is InChI=1S/C31H36N2O3Si/c1-22(34)28-29(24-12-9-8-10-13-24)32-33(21-23-16-18-26(35-5)19-17-23)30(28)25-14-11-15-27(20-25)36-37(6,7)31(2,3)4/h8-20H,21H2,1-7H3. The molecule has 1 aromatic heterocycles. The second-order valence-corrected chi connectivity index (χ2v) is 15.6. The van der Waals surface area contributed by atoms with Crippen molar-refractivity contribution in [3.05, 3.63) is 90.0 Å². The number of aromatic nitrogens is 2. The van der Waals surface area contributed by atoms with Crippen LogP contribution in [0.25, 0.3) is 22.5 Å². The van der Waals surface area contributed by atoms with Crippen LogP contribution in [0.3, 0.4) is 0 Å². The van der Waals surface area contributed by atoms with Crippen molar-refractivity contribution < 1.29 is 14.0 Å². The van der Waals surface area contributed by atoms with E-state index in [9.17, 15) is 4.79 Å². The van der Waals surface area contributed by atoms with E-state index in [-0.39, 0.29) is 10.8 Å². The average molecular weight is 513 g/mol. The van der Waals surface area contributed by atoms with E-state index in [0.29, 0.717) is 17.8 Å². The van der Waals surface area contributed by atoms with Crippen LogP contribution in [0.1, 0.15) is 43.6 Å². The highest BCUT2D eigenvalue weighted by atomic mass is 28.4. The third-order valence-electron chi connectivity index (χ3n) is 7.13. The first-order valence-electron chi connectivity index (χ1n) is 12.6. The maximum absolute atomic E-state index is 13.1. The number of hydrogen-bond acceptors (Lipinski definition) is 4. The third-order valence-corrected chi connectivity index (χ3v) is 11.5. The van der Waals surface area contributed by atoms with Crippen LogP contribution in [0.2, 0.25) is 18.1 Å². The van der Waals surface area contributed by atoms with E-state index >= 15 is 0 Å². The fourth-order valence-electron chi connectivity index (χ4n) is 4.06. The second-order valence-electron chi connectivity index (χ2n) is 10.9. The summed E-state index contributed by atoms with van der Waals surface area (Å²) in [5, 5.41) is 5.07. The Hall–Kier alpha value is -3.64. The van der Waals surface area contributed by atoms with E-state index in [0.717, 1.165) is 33.9 Å². The van der Waals surface area contributed by atoms with E-state index in [2.05, 4.69) is 33.9 Å². The smallest absolute Gasteiger partial charge is 0.250 e. The van der Waals surface area contributed by atoms with Crippen molar-refractivity contribution in [1.29, 1.82) is 0 Å². The van der Waals surface area contributed by atoms with Crippen molar-refractivity contribution in [3.63, 3.8) is 0 Å². The summed E-state index contributed by atoms with van der Waals surface area (Å²) in [5.74, 6) is 1.59. The van der Waals surface area contributed by atoms with Crippen LogP contribution in [0, 0.1) is 0 Å². The molecule has 192 valence electrons. The zero-order valence-electron chi connectivity index (χ0n) is 22.8. The van der Waals surface area contributed by atoms with Crippen LogP contribution < -0.4 is 9.16 Å². The predicted molar refractivity (Wildman–Crippen MR) is 153 cm³/mol. The minimum Gasteiger partial charge on any atom is -0.543 e. The lowest BCUT2D eigenvalue weighted by Crippen LogP contribution is -2.43. The number of nitrogens with zero attached hydrogens (tertiary/aromatic N) is 2.